The van der Waals surface area contributed by atoms with Crippen LogP contribution in [0.5, 0.6) is 0 Å². The standard InChI is InChI=1S/C16H23N5/c1-13-14-5-2-3-6-15(14)16(20-19-13)18-7-4-10-21-11-8-17-9-12-21/h2-3,5-6,17H,4,7-12H2,1H3,(H,18,20). The number of benzene rings is 1. The molecule has 2 N–H and O–H groups in total. The van der Waals surface area contributed by atoms with Gasteiger partial charge in [-0.1, -0.05) is 24.3 Å². The first-order chi connectivity index (χ1) is 10.3. The van der Waals surface area contributed by atoms with Crippen LogP contribution in [-0.2, 0) is 0 Å². The van der Waals surface area contributed by atoms with E-state index in [1.165, 1.54) is 5.39 Å². The van der Waals surface area contributed by atoms with Crippen molar-refractivity contribution in [3.63, 3.8) is 0 Å². The quantitative estimate of drug-likeness (QED) is 0.818. The van der Waals surface area contributed by atoms with Crippen LogP contribution in [0.3, 0.4) is 0 Å². The number of rotatable bonds is 5. The molecule has 0 bridgehead atoms. The fourth-order valence-corrected chi connectivity index (χ4v) is 2.81. The van der Waals surface area contributed by atoms with Crippen LogP contribution >= 0.6 is 0 Å². The van der Waals surface area contributed by atoms with E-state index in [4.69, 9.17) is 0 Å². The molecule has 2 heterocycles. The van der Waals surface area contributed by atoms with Crippen LogP contribution in [0, 0.1) is 6.92 Å². The molecule has 2 aromatic rings. The van der Waals surface area contributed by atoms with Gasteiger partial charge in [-0.3, -0.25) is 0 Å². The molecule has 3 rings (SSSR count). The summed E-state index contributed by atoms with van der Waals surface area (Å²) in [5.74, 6) is 0.900. The first kappa shape index (κ1) is 14.2. The molecule has 1 saturated heterocycles. The van der Waals surface area contributed by atoms with Crippen molar-refractivity contribution in [1.29, 1.82) is 0 Å². The highest BCUT2D eigenvalue weighted by Crippen LogP contribution is 2.22. The van der Waals surface area contributed by atoms with E-state index in [1.807, 2.05) is 13.0 Å². The lowest BCUT2D eigenvalue weighted by Crippen LogP contribution is -2.44. The number of anilines is 1. The summed E-state index contributed by atoms with van der Waals surface area (Å²) in [5.41, 5.74) is 0.983. The van der Waals surface area contributed by atoms with Crippen LogP contribution in [-0.4, -0.2) is 54.4 Å². The molecule has 5 heteroatoms. The summed E-state index contributed by atoms with van der Waals surface area (Å²) in [6, 6.07) is 8.31. The Hall–Kier alpha value is -1.72. The molecule has 21 heavy (non-hydrogen) atoms. The molecule has 1 aliphatic rings. The molecule has 112 valence electrons. The van der Waals surface area contributed by atoms with E-state index >= 15 is 0 Å². The van der Waals surface area contributed by atoms with E-state index in [-0.39, 0.29) is 0 Å². The van der Waals surface area contributed by atoms with Gasteiger partial charge < -0.3 is 15.5 Å². The molecular weight excluding hydrogens is 262 g/mol. The maximum absolute atomic E-state index is 4.31. The predicted molar refractivity (Wildman–Crippen MR) is 86.7 cm³/mol. The van der Waals surface area contributed by atoms with Crippen molar-refractivity contribution in [2.24, 2.45) is 0 Å². The molecule has 1 aromatic heterocycles. The minimum atomic E-state index is 0.900. The van der Waals surface area contributed by atoms with E-state index in [9.17, 15) is 0 Å². The molecule has 1 aliphatic heterocycles. The third kappa shape index (κ3) is 3.49. The van der Waals surface area contributed by atoms with Crippen molar-refractivity contribution in [2.45, 2.75) is 13.3 Å². The van der Waals surface area contributed by atoms with E-state index in [2.05, 4.69) is 43.9 Å². The molecule has 5 nitrogen and oxygen atoms in total. The zero-order valence-corrected chi connectivity index (χ0v) is 12.6. The zero-order valence-electron chi connectivity index (χ0n) is 12.6. The molecule has 1 aromatic carbocycles. The number of aromatic nitrogens is 2. The van der Waals surface area contributed by atoms with E-state index in [1.54, 1.807) is 0 Å². The van der Waals surface area contributed by atoms with Crippen LogP contribution in [0.1, 0.15) is 12.1 Å². The Bertz CT molecular complexity index is 592. The lowest BCUT2D eigenvalue weighted by Gasteiger charge is -2.27. The second-order valence-electron chi connectivity index (χ2n) is 5.55. The summed E-state index contributed by atoms with van der Waals surface area (Å²) >= 11 is 0. The number of hydrogen-bond acceptors (Lipinski definition) is 5. The van der Waals surface area contributed by atoms with Crippen molar-refractivity contribution in [3.05, 3.63) is 30.0 Å². The average molecular weight is 285 g/mol. The van der Waals surface area contributed by atoms with Gasteiger partial charge in [0, 0.05) is 43.5 Å². The van der Waals surface area contributed by atoms with Crippen LogP contribution in [0.25, 0.3) is 10.8 Å². The summed E-state index contributed by atoms with van der Waals surface area (Å²) in [6.07, 6.45) is 1.13. The lowest BCUT2D eigenvalue weighted by molar-refractivity contribution is 0.240. The first-order valence-electron chi connectivity index (χ1n) is 7.73. The third-order valence-electron chi connectivity index (χ3n) is 4.03. The molecule has 0 saturated carbocycles. The summed E-state index contributed by atoms with van der Waals surface area (Å²) in [6.45, 7) is 8.63. The van der Waals surface area contributed by atoms with Gasteiger partial charge in [-0.2, -0.15) is 5.10 Å². The second-order valence-corrected chi connectivity index (χ2v) is 5.55. The van der Waals surface area contributed by atoms with Gasteiger partial charge >= 0.3 is 0 Å². The van der Waals surface area contributed by atoms with Crippen LogP contribution in [0.2, 0.25) is 0 Å². The molecule has 1 fully saturated rings. The van der Waals surface area contributed by atoms with Gasteiger partial charge in [-0.15, -0.1) is 5.10 Å². The highest BCUT2D eigenvalue weighted by atomic mass is 15.2. The van der Waals surface area contributed by atoms with Crippen LogP contribution < -0.4 is 10.6 Å². The second kappa shape index (κ2) is 6.83. The fraction of sp³-hybridized carbons (Fsp3) is 0.500. The smallest absolute Gasteiger partial charge is 0.156 e. The largest absolute Gasteiger partial charge is 0.368 e. The summed E-state index contributed by atoms with van der Waals surface area (Å²) in [7, 11) is 0. The van der Waals surface area contributed by atoms with Gasteiger partial charge in [-0.05, 0) is 19.9 Å². The van der Waals surface area contributed by atoms with Gasteiger partial charge in [0.05, 0.1) is 5.69 Å². The van der Waals surface area contributed by atoms with Gasteiger partial charge in [0.25, 0.3) is 0 Å². The van der Waals surface area contributed by atoms with Crippen molar-refractivity contribution in [1.82, 2.24) is 20.4 Å². The maximum atomic E-state index is 4.31. The van der Waals surface area contributed by atoms with Crippen molar-refractivity contribution < 1.29 is 0 Å². The van der Waals surface area contributed by atoms with E-state index < -0.39 is 0 Å². The van der Waals surface area contributed by atoms with Gasteiger partial charge in [0.2, 0.25) is 0 Å². The molecule has 0 radical (unpaired) electrons. The number of hydrogen-bond donors (Lipinski definition) is 2. The fourth-order valence-electron chi connectivity index (χ4n) is 2.81. The Morgan fingerprint density at radius 3 is 2.71 bits per heavy atom. The summed E-state index contributed by atoms with van der Waals surface area (Å²) in [5, 5.41) is 17.7. The topological polar surface area (TPSA) is 53.1 Å². The Morgan fingerprint density at radius 2 is 1.90 bits per heavy atom. The molecule has 0 unspecified atom stereocenters. The van der Waals surface area contributed by atoms with Crippen LogP contribution in [0.4, 0.5) is 5.82 Å². The highest BCUT2D eigenvalue weighted by Gasteiger charge is 2.09. The Balaban J connectivity index is 1.57. The predicted octanol–water partition coefficient (Wildman–Crippen LogP) is 1.65. The monoisotopic (exact) mass is 285 g/mol. The number of nitrogens with zero attached hydrogens (tertiary/aromatic N) is 3. The maximum Gasteiger partial charge on any atom is 0.156 e. The van der Waals surface area contributed by atoms with E-state index in [0.29, 0.717) is 0 Å². The minimum absolute atomic E-state index is 0.900. The number of piperazine rings is 1. The van der Waals surface area contributed by atoms with Crippen molar-refractivity contribution >= 4 is 16.6 Å². The van der Waals surface area contributed by atoms with Crippen molar-refractivity contribution in [2.75, 3.05) is 44.6 Å². The Kier molecular flexibility index (Phi) is 4.62. The summed E-state index contributed by atoms with van der Waals surface area (Å²) < 4.78 is 0. The van der Waals surface area contributed by atoms with Gasteiger partial charge in [0.1, 0.15) is 0 Å². The summed E-state index contributed by atoms with van der Waals surface area (Å²) in [4.78, 5) is 2.51. The number of fused-ring (bicyclic) bond motifs is 1. The SMILES string of the molecule is Cc1nnc(NCCCN2CCNCC2)c2ccccc12. The number of nitrogens with one attached hydrogen (secondary N) is 2. The lowest BCUT2D eigenvalue weighted by atomic mass is 10.1. The number of aryl methyl sites for hydroxylation is 1. The molecule has 0 spiro atoms. The average Bonchev–Trinajstić information content (AvgIpc) is 2.55. The van der Waals surface area contributed by atoms with Crippen molar-refractivity contribution in [3.8, 4) is 0 Å². The molecule has 0 aliphatic carbocycles. The molecule has 0 amide bonds. The van der Waals surface area contributed by atoms with Gasteiger partial charge in [-0.25, -0.2) is 0 Å². The minimum Gasteiger partial charge on any atom is -0.368 e. The third-order valence-corrected chi connectivity index (χ3v) is 4.03. The zero-order chi connectivity index (χ0) is 14.5. The normalized spacial score (nSPS) is 16.2. The van der Waals surface area contributed by atoms with Gasteiger partial charge in [0.15, 0.2) is 5.82 Å². The molecular formula is C16H23N5. The van der Waals surface area contributed by atoms with Crippen LogP contribution in [0.15, 0.2) is 24.3 Å². The Labute approximate surface area is 125 Å². The first-order valence-corrected chi connectivity index (χ1v) is 7.73. The molecule has 0 atom stereocenters. The highest BCUT2D eigenvalue weighted by molar-refractivity contribution is 5.92. The Morgan fingerprint density at radius 1 is 1.14 bits per heavy atom. The van der Waals surface area contributed by atoms with E-state index in [0.717, 1.165) is 62.6 Å².